The van der Waals surface area contributed by atoms with E-state index in [0.29, 0.717) is 11.0 Å². The summed E-state index contributed by atoms with van der Waals surface area (Å²) in [4.78, 5) is 12.0. The Morgan fingerprint density at radius 2 is 2.05 bits per heavy atom. The van der Waals surface area contributed by atoms with Crippen LogP contribution in [0.1, 0.15) is 23.2 Å². The molecule has 1 aliphatic rings. The van der Waals surface area contributed by atoms with Gasteiger partial charge in [0.15, 0.2) is 0 Å². The second-order valence-electron chi connectivity index (χ2n) is 4.86. The Hall–Kier alpha value is -1.42. The van der Waals surface area contributed by atoms with Crippen molar-refractivity contribution >= 4 is 15.9 Å². The van der Waals surface area contributed by atoms with Crippen LogP contribution in [0.2, 0.25) is 0 Å². The second kappa shape index (κ2) is 4.93. The lowest BCUT2D eigenvalue weighted by molar-refractivity contribution is 0.620. The number of rotatable bonds is 2. The van der Waals surface area contributed by atoms with Gasteiger partial charge in [-0.05, 0) is 48.6 Å². The first kappa shape index (κ1) is 12.6. The van der Waals surface area contributed by atoms with E-state index in [2.05, 4.69) is 15.9 Å². The average molecular weight is 322 g/mol. The van der Waals surface area contributed by atoms with Gasteiger partial charge in [0, 0.05) is 16.2 Å². The maximum absolute atomic E-state index is 13.4. The molecule has 0 fully saturated rings. The third kappa shape index (κ3) is 2.50. The predicted octanol–water partition coefficient (Wildman–Crippen LogP) is 3.29. The molecule has 2 nitrogen and oxygen atoms in total. The second-order valence-corrected chi connectivity index (χ2v) is 5.78. The van der Waals surface area contributed by atoms with Crippen molar-refractivity contribution in [3.63, 3.8) is 0 Å². The Kier molecular flexibility index (Phi) is 3.27. The molecule has 0 spiro atoms. The van der Waals surface area contributed by atoms with Crippen molar-refractivity contribution in [2.45, 2.75) is 25.8 Å². The number of halogens is 2. The molecule has 1 aromatic carbocycles. The number of benzene rings is 1. The standard InChI is InChI=1S/C15H13BrFNO/c16-12-6-10(7-13(17)8-12)9-18-14-3-1-2-11(14)4-5-15(18)19/h4-8H,1-3,9H2. The number of aryl methyl sites for hydroxylation is 1. The van der Waals surface area contributed by atoms with E-state index in [9.17, 15) is 9.18 Å². The zero-order valence-corrected chi connectivity index (χ0v) is 11.9. The van der Waals surface area contributed by atoms with Gasteiger partial charge in [-0.1, -0.05) is 22.0 Å². The third-order valence-electron chi connectivity index (χ3n) is 3.51. The van der Waals surface area contributed by atoms with Gasteiger partial charge < -0.3 is 4.57 Å². The van der Waals surface area contributed by atoms with Gasteiger partial charge in [0.1, 0.15) is 5.82 Å². The van der Waals surface area contributed by atoms with Crippen molar-refractivity contribution in [3.8, 4) is 0 Å². The van der Waals surface area contributed by atoms with E-state index in [0.717, 1.165) is 30.5 Å². The topological polar surface area (TPSA) is 22.0 Å². The van der Waals surface area contributed by atoms with Crippen LogP contribution in [-0.4, -0.2) is 4.57 Å². The predicted molar refractivity (Wildman–Crippen MR) is 75.9 cm³/mol. The molecule has 4 heteroatoms. The number of fused-ring (bicyclic) bond motifs is 1. The molecule has 0 atom stereocenters. The molecule has 3 rings (SSSR count). The van der Waals surface area contributed by atoms with Crippen LogP contribution < -0.4 is 5.56 Å². The van der Waals surface area contributed by atoms with E-state index >= 15 is 0 Å². The fourth-order valence-electron chi connectivity index (χ4n) is 2.69. The van der Waals surface area contributed by atoms with E-state index in [4.69, 9.17) is 0 Å². The van der Waals surface area contributed by atoms with Gasteiger partial charge in [-0.25, -0.2) is 4.39 Å². The summed E-state index contributed by atoms with van der Waals surface area (Å²) in [6.45, 7) is 0.429. The first-order valence-corrected chi connectivity index (χ1v) is 7.09. The highest BCUT2D eigenvalue weighted by atomic mass is 79.9. The highest BCUT2D eigenvalue weighted by Gasteiger charge is 2.16. The monoisotopic (exact) mass is 321 g/mol. The molecule has 2 aromatic rings. The Morgan fingerprint density at radius 3 is 2.84 bits per heavy atom. The summed E-state index contributed by atoms with van der Waals surface area (Å²) in [7, 11) is 0. The number of nitrogens with zero attached hydrogens (tertiary/aromatic N) is 1. The minimum absolute atomic E-state index is 0.0129. The van der Waals surface area contributed by atoms with Crippen LogP contribution in [0.4, 0.5) is 4.39 Å². The normalized spacial score (nSPS) is 13.6. The van der Waals surface area contributed by atoms with Crippen molar-refractivity contribution < 1.29 is 4.39 Å². The van der Waals surface area contributed by atoms with Crippen molar-refractivity contribution in [3.05, 3.63) is 67.8 Å². The van der Waals surface area contributed by atoms with Crippen molar-refractivity contribution in [2.75, 3.05) is 0 Å². The fraction of sp³-hybridized carbons (Fsp3) is 0.267. The molecular formula is C15H13BrFNO. The lowest BCUT2D eigenvalue weighted by Crippen LogP contribution is -2.23. The van der Waals surface area contributed by atoms with Gasteiger partial charge in [-0.3, -0.25) is 4.79 Å². The fourth-order valence-corrected chi connectivity index (χ4v) is 3.20. The van der Waals surface area contributed by atoms with Gasteiger partial charge >= 0.3 is 0 Å². The lowest BCUT2D eigenvalue weighted by Gasteiger charge is -2.12. The summed E-state index contributed by atoms with van der Waals surface area (Å²) in [5, 5.41) is 0. The van der Waals surface area contributed by atoms with Crippen LogP contribution in [0, 0.1) is 5.82 Å². The molecule has 1 heterocycles. The van der Waals surface area contributed by atoms with E-state index in [1.54, 1.807) is 10.6 Å². The molecule has 0 amide bonds. The molecule has 0 saturated heterocycles. The number of hydrogen-bond donors (Lipinski definition) is 0. The minimum atomic E-state index is -0.287. The van der Waals surface area contributed by atoms with Crippen LogP contribution in [0.15, 0.2) is 39.6 Å². The van der Waals surface area contributed by atoms with Crippen LogP contribution >= 0.6 is 15.9 Å². The first-order chi connectivity index (χ1) is 9.13. The quantitative estimate of drug-likeness (QED) is 0.832. The molecule has 0 bridgehead atoms. The van der Waals surface area contributed by atoms with Gasteiger partial charge in [0.2, 0.25) is 0 Å². The lowest BCUT2D eigenvalue weighted by atomic mass is 10.2. The number of aromatic nitrogens is 1. The maximum atomic E-state index is 13.4. The van der Waals surface area contributed by atoms with Gasteiger partial charge in [0.05, 0.1) is 6.54 Å². The van der Waals surface area contributed by atoms with Crippen LogP contribution in [0.5, 0.6) is 0 Å². The molecule has 0 unspecified atom stereocenters. The van der Waals surface area contributed by atoms with Crippen LogP contribution in [0.25, 0.3) is 0 Å². The Morgan fingerprint density at radius 1 is 1.21 bits per heavy atom. The average Bonchev–Trinajstić information content (AvgIpc) is 2.80. The van der Waals surface area contributed by atoms with Crippen LogP contribution in [-0.2, 0) is 19.4 Å². The maximum Gasteiger partial charge on any atom is 0.251 e. The Labute approximate surface area is 119 Å². The Balaban J connectivity index is 2.04. The summed E-state index contributed by atoms with van der Waals surface area (Å²) >= 11 is 3.28. The van der Waals surface area contributed by atoms with E-state index in [1.807, 2.05) is 12.1 Å². The SMILES string of the molecule is O=c1ccc2c(n1Cc1cc(F)cc(Br)c1)CCC2. The largest absolute Gasteiger partial charge is 0.308 e. The molecule has 1 aliphatic carbocycles. The molecule has 0 N–H and O–H groups in total. The van der Waals surface area contributed by atoms with E-state index < -0.39 is 0 Å². The van der Waals surface area contributed by atoms with Crippen molar-refractivity contribution in [1.29, 1.82) is 0 Å². The van der Waals surface area contributed by atoms with Crippen molar-refractivity contribution in [2.24, 2.45) is 0 Å². The van der Waals surface area contributed by atoms with E-state index in [1.165, 1.54) is 17.7 Å². The number of hydrogen-bond acceptors (Lipinski definition) is 1. The minimum Gasteiger partial charge on any atom is -0.308 e. The summed E-state index contributed by atoms with van der Waals surface area (Å²) in [6.07, 6.45) is 3.05. The number of pyridine rings is 1. The zero-order valence-electron chi connectivity index (χ0n) is 10.3. The van der Waals surface area contributed by atoms with E-state index in [-0.39, 0.29) is 11.4 Å². The van der Waals surface area contributed by atoms with Gasteiger partial charge in [-0.2, -0.15) is 0 Å². The van der Waals surface area contributed by atoms with Crippen molar-refractivity contribution in [1.82, 2.24) is 4.57 Å². The highest BCUT2D eigenvalue weighted by molar-refractivity contribution is 9.10. The first-order valence-electron chi connectivity index (χ1n) is 6.30. The molecule has 0 saturated carbocycles. The zero-order chi connectivity index (χ0) is 13.4. The summed E-state index contributed by atoms with van der Waals surface area (Å²) in [6, 6.07) is 8.28. The molecule has 98 valence electrons. The van der Waals surface area contributed by atoms with Crippen LogP contribution in [0.3, 0.4) is 0 Å². The molecular weight excluding hydrogens is 309 g/mol. The van der Waals surface area contributed by atoms with Gasteiger partial charge in [-0.15, -0.1) is 0 Å². The third-order valence-corrected chi connectivity index (χ3v) is 3.97. The summed E-state index contributed by atoms with van der Waals surface area (Å²) in [5.41, 5.74) is 3.14. The molecule has 0 aliphatic heterocycles. The smallest absolute Gasteiger partial charge is 0.251 e. The molecule has 0 radical (unpaired) electrons. The summed E-state index contributed by atoms with van der Waals surface area (Å²) < 4.78 is 15.9. The summed E-state index contributed by atoms with van der Waals surface area (Å²) in [5.74, 6) is -0.287. The molecule has 1 aromatic heterocycles. The Bertz CT molecular complexity index is 673. The molecule has 19 heavy (non-hydrogen) atoms. The highest BCUT2D eigenvalue weighted by Crippen LogP contribution is 2.21. The van der Waals surface area contributed by atoms with Gasteiger partial charge in [0.25, 0.3) is 5.56 Å².